The Balaban J connectivity index is 1.95. The summed E-state index contributed by atoms with van der Waals surface area (Å²) in [5.41, 5.74) is 2.95. The Morgan fingerprint density at radius 2 is 1.13 bits per heavy atom. The summed E-state index contributed by atoms with van der Waals surface area (Å²) in [4.78, 5) is 2.73. The molecule has 1 heteroatoms. The average molecular weight is 327 g/mol. The van der Waals surface area contributed by atoms with E-state index in [0.29, 0.717) is 0 Å². The lowest BCUT2D eigenvalue weighted by Crippen LogP contribution is -1.87. The Hall–Kier alpha value is -1.21. The van der Waals surface area contributed by atoms with Gasteiger partial charge in [0.25, 0.3) is 0 Å². The Morgan fingerprint density at radius 3 is 1.57 bits per heavy atom. The van der Waals surface area contributed by atoms with Crippen molar-refractivity contribution in [1.82, 2.24) is 0 Å². The minimum absolute atomic E-state index is 1.21. The molecule has 0 aromatic heterocycles. The molecule has 0 amide bonds. The number of benzene rings is 2. The van der Waals surface area contributed by atoms with E-state index in [1.165, 1.54) is 72.3 Å². The Kier molecular flexibility index (Phi) is 8.31. The summed E-state index contributed by atoms with van der Waals surface area (Å²) >= 11 is 1.89. The van der Waals surface area contributed by atoms with Crippen molar-refractivity contribution in [1.29, 1.82) is 0 Å². The van der Waals surface area contributed by atoms with Gasteiger partial charge in [0.1, 0.15) is 0 Å². The summed E-state index contributed by atoms with van der Waals surface area (Å²) < 4.78 is 0. The van der Waals surface area contributed by atoms with E-state index in [1.807, 2.05) is 11.8 Å². The maximum Gasteiger partial charge on any atom is 0.0125 e. The Bertz CT molecular complexity index is 522. The summed E-state index contributed by atoms with van der Waals surface area (Å²) in [6.45, 7) is 4.53. The van der Waals surface area contributed by atoms with Crippen LogP contribution in [0.1, 0.15) is 63.5 Å². The standard InChI is InChI=1S/C22H30S/c1-3-5-7-11-19-13-9-15-21(17-19)23-22-16-10-14-20(18-22)12-8-6-4-2/h9-10,13-18H,3-8,11-12H2,1-2H3. The number of hydrogen-bond acceptors (Lipinski definition) is 1. The molecule has 0 aliphatic carbocycles. The molecular formula is C22H30S. The fourth-order valence-electron chi connectivity index (χ4n) is 2.82. The fourth-order valence-corrected chi connectivity index (χ4v) is 3.81. The van der Waals surface area contributed by atoms with Crippen LogP contribution in [0.25, 0.3) is 0 Å². The predicted molar refractivity (Wildman–Crippen MR) is 103 cm³/mol. The highest BCUT2D eigenvalue weighted by Gasteiger charge is 2.01. The monoisotopic (exact) mass is 326 g/mol. The van der Waals surface area contributed by atoms with Gasteiger partial charge in [-0.1, -0.05) is 75.6 Å². The predicted octanol–water partition coefficient (Wildman–Crippen LogP) is 7.30. The summed E-state index contributed by atoms with van der Waals surface area (Å²) in [6, 6.07) is 18.1. The van der Waals surface area contributed by atoms with E-state index in [2.05, 4.69) is 62.4 Å². The van der Waals surface area contributed by atoms with Gasteiger partial charge < -0.3 is 0 Å². The van der Waals surface area contributed by atoms with Crippen LogP contribution >= 0.6 is 11.8 Å². The maximum atomic E-state index is 2.37. The van der Waals surface area contributed by atoms with Crippen LogP contribution in [0, 0.1) is 0 Å². The molecule has 0 spiro atoms. The zero-order valence-corrected chi connectivity index (χ0v) is 15.5. The third kappa shape index (κ3) is 6.83. The molecule has 0 bridgehead atoms. The van der Waals surface area contributed by atoms with Crippen LogP contribution in [0.2, 0.25) is 0 Å². The van der Waals surface area contributed by atoms with Gasteiger partial charge >= 0.3 is 0 Å². The van der Waals surface area contributed by atoms with Crippen LogP contribution in [0.15, 0.2) is 58.3 Å². The molecule has 0 radical (unpaired) electrons. The molecule has 0 unspecified atom stereocenters. The minimum Gasteiger partial charge on any atom is -0.0901 e. The molecule has 0 saturated carbocycles. The second kappa shape index (κ2) is 10.5. The largest absolute Gasteiger partial charge is 0.0901 e. The molecule has 0 aliphatic heterocycles. The third-order valence-electron chi connectivity index (χ3n) is 4.17. The molecule has 0 N–H and O–H groups in total. The topological polar surface area (TPSA) is 0 Å². The highest BCUT2D eigenvalue weighted by atomic mass is 32.2. The van der Waals surface area contributed by atoms with Gasteiger partial charge in [0, 0.05) is 9.79 Å². The van der Waals surface area contributed by atoms with Gasteiger partial charge in [0.15, 0.2) is 0 Å². The quantitative estimate of drug-likeness (QED) is 0.413. The van der Waals surface area contributed by atoms with Crippen LogP contribution in [0.4, 0.5) is 0 Å². The van der Waals surface area contributed by atoms with Gasteiger partial charge in [-0.2, -0.15) is 0 Å². The highest BCUT2D eigenvalue weighted by molar-refractivity contribution is 7.99. The zero-order chi connectivity index (χ0) is 16.3. The third-order valence-corrected chi connectivity index (χ3v) is 5.15. The van der Waals surface area contributed by atoms with Crippen molar-refractivity contribution < 1.29 is 0 Å². The van der Waals surface area contributed by atoms with Gasteiger partial charge in [-0.25, -0.2) is 0 Å². The van der Waals surface area contributed by atoms with Crippen molar-refractivity contribution >= 4 is 11.8 Å². The molecule has 0 aliphatic rings. The van der Waals surface area contributed by atoms with Gasteiger partial charge in [-0.3, -0.25) is 0 Å². The van der Waals surface area contributed by atoms with Crippen LogP contribution < -0.4 is 0 Å². The highest BCUT2D eigenvalue weighted by Crippen LogP contribution is 2.29. The van der Waals surface area contributed by atoms with E-state index in [4.69, 9.17) is 0 Å². The van der Waals surface area contributed by atoms with Crippen LogP contribution in [-0.4, -0.2) is 0 Å². The molecular weight excluding hydrogens is 296 g/mol. The molecule has 0 saturated heterocycles. The second-order valence-corrected chi connectivity index (χ2v) is 7.46. The van der Waals surface area contributed by atoms with E-state index in [9.17, 15) is 0 Å². The first kappa shape index (κ1) is 18.1. The van der Waals surface area contributed by atoms with Crippen LogP contribution in [0.5, 0.6) is 0 Å². The van der Waals surface area contributed by atoms with Crippen LogP contribution in [0.3, 0.4) is 0 Å². The molecule has 23 heavy (non-hydrogen) atoms. The number of aryl methyl sites for hydroxylation is 2. The maximum absolute atomic E-state index is 2.37. The molecule has 0 fully saturated rings. The fraction of sp³-hybridized carbons (Fsp3) is 0.455. The SMILES string of the molecule is CCCCCc1cccc(Sc2cccc(CCCCC)c2)c1. The van der Waals surface area contributed by atoms with Gasteiger partial charge in [0.2, 0.25) is 0 Å². The first-order chi connectivity index (χ1) is 11.3. The Labute approximate surface area is 146 Å². The molecule has 2 aromatic carbocycles. The van der Waals surface area contributed by atoms with Crippen molar-refractivity contribution in [2.75, 3.05) is 0 Å². The summed E-state index contributed by atoms with van der Waals surface area (Å²) in [5, 5.41) is 0. The van der Waals surface area contributed by atoms with Crippen LogP contribution in [-0.2, 0) is 12.8 Å². The lowest BCUT2D eigenvalue weighted by molar-refractivity contribution is 0.716. The first-order valence-electron chi connectivity index (χ1n) is 9.17. The van der Waals surface area contributed by atoms with Crippen molar-refractivity contribution in [3.05, 3.63) is 59.7 Å². The average Bonchev–Trinajstić information content (AvgIpc) is 2.56. The summed E-state index contributed by atoms with van der Waals surface area (Å²) in [6.07, 6.45) is 10.3. The number of unbranched alkanes of at least 4 members (excludes halogenated alkanes) is 4. The lowest BCUT2D eigenvalue weighted by Gasteiger charge is -2.07. The molecule has 2 aromatic rings. The molecule has 2 rings (SSSR count). The minimum atomic E-state index is 1.21. The van der Waals surface area contributed by atoms with Crippen molar-refractivity contribution in [2.24, 2.45) is 0 Å². The number of hydrogen-bond donors (Lipinski definition) is 0. The first-order valence-corrected chi connectivity index (χ1v) is 9.99. The molecule has 0 nitrogen and oxygen atoms in total. The number of rotatable bonds is 10. The lowest BCUT2D eigenvalue weighted by atomic mass is 10.1. The Morgan fingerprint density at radius 1 is 0.652 bits per heavy atom. The molecule has 0 heterocycles. The molecule has 0 atom stereocenters. The van der Waals surface area contributed by atoms with Gasteiger partial charge in [-0.05, 0) is 61.1 Å². The van der Waals surface area contributed by atoms with Crippen molar-refractivity contribution in [3.8, 4) is 0 Å². The second-order valence-electron chi connectivity index (χ2n) is 6.31. The van der Waals surface area contributed by atoms with Crippen molar-refractivity contribution in [2.45, 2.75) is 75.0 Å². The normalized spacial score (nSPS) is 10.9. The van der Waals surface area contributed by atoms with E-state index in [0.717, 1.165) is 0 Å². The smallest absolute Gasteiger partial charge is 0.0125 e. The van der Waals surface area contributed by atoms with E-state index in [-0.39, 0.29) is 0 Å². The van der Waals surface area contributed by atoms with Gasteiger partial charge in [-0.15, -0.1) is 0 Å². The zero-order valence-electron chi connectivity index (χ0n) is 14.7. The van der Waals surface area contributed by atoms with E-state index >= 15 is 0 Å². The van der Waals surface area contributed by atoms with Crippen molar-refractivity contribution in [3.63, 3.8) is 0 Å². The van der Waals surface area contributed by atoms with E-state index in [1.54, 1.807) is 0 Å². The van der Waals surface area contributed by atoms with Gasteiger partial charge in [0.05, 0.1) is 0 Å². The van der Waals surface area contributed by atoms with E-state index < -0.39 is 0 Å². The molecule has 124 valence electrons. The summed E-state index contributed by atoms with van der Waals surface area (Å²) in [5.74, 6) is 0. The summed E-state index contributed by atoms with van der Waals surface area (Å²) in [7, 11) is 0.